The summed E-state index contributed by atoms with van der Waals surface area (Å²) >= 11 is 0. The number of benzene rings is 3. The maximum absolute atomic E-state index is 13.2. The number of nitrogens with one attached hydrogen (secondary N) is 1. The molecule has 4 aliphatic heterocycles. The lowest BCUT2D eigenvalue weighted by atomic mass is 9.82. The largest absolute Gasteiger partial charge is 0.393 e. The number of aromatic nitrogens is 1. The maximum Gasteiger partial charge on any atom is 0.252 e. The monoisotopic (exact) mass is 453 g/mol. The van der Waals surface area contributed by atoms with Crippen molar-refractivity contribution in [2.45, 2.75) is 43.9 Å². The van der Waals surface area contributed by atoms with Gasteiger partial charge >= 0.3 is 0 Å². The van der Waals surface area contributed by atoms with Gasteiger partial charge in [0, 0.05) is 35.8 Å². The molecular weight excluding hydrogens is 430 g/mol. The van der Waals surface area contributed by atoms with E-state index >= 15 is 0 Å². The molecule has 0 aliphatic carbocycles. The molecule has 1 saturated heterocycles. The molecule has 0 spiro atoms. The third-order valence-corrected chi connectivity index (χ3v) is 8.53. The summed E-state index contributed by atoms with van der Waals surface area (Å²) in [7, 11) is 0. The summed E-state index contributed by atoms with van der Waals surface area (Å²) in [4.78, 5) is 15.3. The van der Waals surface area contributed by atoms with Crippen LogP contribution < -0.4 is 10.2 Å². The SMILES string of the molecule is C[C@@]12O[C@H](C[C@@]1(O)CO)n1c3ccccc3c3c4c(c5c(c31)N2c1ccccc1C5)CNC4=O. The van der Waals surface area contributed by atoms with Gasteiger partial charge in [0.2, 0.25) is 0 Å². The van der Waals surface area contributed by atoms with E-state index in [0.717, 1.165) is 55.4 Å². The topological polar surface area (TPSA) is 87.0 Å². The Hall–Kier alpha value is -3.39. The van der Waals surface area contributed by atoms with Crippen LogP contribution in [0, 0.1) is 0 Å². The van der Waals surface area contributed by atoms with Crippen LogP contribution in [0.5, 0.6) is 0 Å². The highest BCUT2D eigenvalue weighted by Crippen LogP contribution is 2.60. The van der Waals surface area contributed by atoms with Crippen LogP contribution in [0.25, 0.3) is 21.8 Å². The number of rotatable bonds is 1. The van der Waals surface area contributed by atoms with Gasteiger partial charge in [0.15, 0.2) is 5.72 Å². The first kappa shape index (κ1) is 19.0. The van der Waals surface area contributed by atoms with Crippen molar-refractivity contribution >= 4 is 39.1 Å². The molecule has 8 rings (SSSR count). The van der Waals surface area contributed by atoms with E-state index in [4.69, 9.17) is 4.74 Å². The van der Waals surface area contributed by atoms with Crippen LogP contribution in [0.2, 0.25) is 0 Å². The molecule has 3 atom stereocenters. The van der Waals surface area contributed by atoms with Crippen LogP contribution in [0.3, 0.4) is 0 Å². The van der Waals surface area contributed by atoms with E-state index in [-0.39, 0.29) is 12.3 Å². The lowest BCUT2D eigenvalue weighted by Gasteiger charge is -2.49. The number of carbonyl (C=O) groups is 1. The van der Waals surface area contributed by atoms with E-state index in [2.05, 4.69) is 33.0 Å². The smallest absolute Gasteiger partial charge is 0.252 e. The minimum absolute atomic E-state index is 0.0421. The van der Waals surface area contributed by atoms with Gasteiger partial charge in [0.05, 0.1) is 28.9 Å². The van der Waals surface area contributed by atoms with Crippen molar-refractivity contribution in [3.8, 4) is 0 Å². The molecule has 4 aliphatic rings. The van der Waals surface area contributed by atoms with Crippen LogP contribution in [0.1, 0.15) is 46.6 Å². The summed E-state index contributed by atoms with van der Waals surface area (Å²) in [6.45, 7) is 1.94. The number of anilines is 2. The number of ether oxygens (including phenoxy) is 1. The van der Waals surface area contributed by atoms with Crippen LogP contribution in [0.4, 0.5) is 11.4 Å². The Morgan fingerprint density at radius 1 is 1.15 bits per heavy atom. The van der Waals surface area contributed by atoms with E-state index in [1.807, 2.05) is 37.3 Å². The van der Waals surface area contributed by atoms with Gasteiger partial charge in [-0.1, -0.05) is 36.4 Å². The average Bonchev–Trinajstić information content (AvgIpc) is 3.45. The summed E-state index contributed by atoms with van der Waals surface area (Å²) in [5.41, 5.74) is 5.14. The molecule has 2 bridgehead atoms. The molecule has 170 valence electrons. The standard InChI is InChI=1S/C27H23N3O4/c1-26-27(33,13-31)11-20(34-26)29-19-9-5-3-7-15(19)21-22-17(12-28-25(22)32)16-10-14-6-2-4-8-18(14)30(26)23(16)24(21)29/h2-9,20,31,33H,10-13H2,1H3,(H,28,32)/t20-,26-,27-/m1/s1. The van der Waals surface area contributed by atoms with Crippen LogP contribution in [-0.4, -0.2) is 38.6 Å². The second-order valence-electron chi connectivity index (χ2n) is 10.1. The average molecular weight is 453 g/mol. The van der Waals surface area contributed by atoms with Gasteiger partial charge in [0.25, 0.3) is 5.91 Å². The van der Waals surface area contributed by atoms with Gasteiger partial charge in [-0.15, -0.1) is 0 Å². The van der Waals surface area contributed by atoms with Crippen molar-refractivity contribution in [1.82, 2.24) is 9.88 Å². The number of aliphatic hydroxyl groups is 2. The highest BCUT2D eigenvalue weighted by molar-refractivity contribution is 6.24. The van der Waals surface area contributed by atoms with E-state index < -0.39 is 24.2 Å². The van der Waals surface area contributed by atoms with Crippen molar-refractivity contribution < 1.29 is 19.7 Å². The number of hydrogen-bond acceptors (Lipinski definition) is 5. The zero-order valence-corrected chi connectivity index (χ0v) is 18.6. The zero-order chi connectivity index (χ0) is 23.0. The highest BCUT2D eigenvalue weighted by atomic mass is 16.6. The maximum atomic E-state index is 13.2. The molecule has 7 nitrogen and oxygen atoms in total. The fourth-order valence-electron chi connectivity index (χ4n) is 6.91. The fraction of sp³-hybridized carbons (Fsp3) is 0.296. The predicted octanol–water partition coefficient (Wildman–Crippen LogP) is 3.45. The Morgan fingerprint density at radius 3 is 2.79 bits per heavy atom. The van der Waals surface area contributed by atoms with Gasteiger partial charge in [0.1, 0.15) is 11.8 Å². The van der Waals surface area contributed by atoms with Crippen molar-refractivity contribution in [2.24, 2.45) is 0 Å². The highest BCUT2D eigenvalue weighted by Gasteiger charge is 2.63. The molecule has 3 N–H and O–H groups in total. The van der Waals surface area contributed by atoms with E-state index in [0.29, 0.717) is 13.0 Å². The second kappa shape index (κ2) is 5.81. The van der Waals surface area contributed by atoms with E-state index in [9.17, 15) is 15.0 Å². The molecule has 0 unspecified atom stereocenters. The zero-order valence-electron chi connectivity index (χ0n) is 18.6. The van der Waals surface area contributed by atoms with Gasteiger partial charge in [-0.3, -0.25) is 4.79 Å². The van der Waals surface area contributed by atoms with Gasteiger partial charge in [-0.05, 0) is 35.7 Å². The third kappa shape index (κ3) is 1.88. The van der Waals surface area contributed by atoms with Gasteiger partial charge in [-0.25, -0.2) is 0 Å². The number of aliphatic hydroxyl groups excluding tert-OH is 1. The molecular formula is C27H23N3O4. The molecule has 3 aromatic carbocycles. The molecule has 1 amide bonds. The third-order valence-electron chi connectivity index (χ3n) is 8.53. The molecule has 34 heavy (non-hydrogen) atoms. The van der Waals surface area contributed by atoms with Gasteiger partial charge < -0.3 is 29.7 Å². The first-order valence-electron chi connectivity index (χ1n) is 11.7. The number of hydrogen-bond donors (Lipinski definition) is 3. The van der Waals surface area contributed by atoms with Crippen molar-refractivity contribution in [2.75, 3.05) is 11.5 Å². The molecule has 0 saturated carbocycles. The second-order valence-corrected chi connectivity index (χ2v) is 10.1. The summed E-state index contributed by atoms with van der Waals surface area (Å²) in [6, 6.07) is 16.2. The van der Waals surface area contributed by atoms with Crippen LogP contribution in [-0.2, 0) is 17.7 Å². The molecule has 4 aromatic rings. The normalized spacial score (nSPS) is 28.3. The summed E-state index contributed by atoms with van der Waals surface area (Å²) < 4.78 is 8.89. The quantitative estimate of drug-likeness (QED) is 0.411. The van der Waals surface area contributed by atoms with E-state index in [1.54, 1.807) is 0 Å². The minimum atomic E-state index is -1.48. The summed E-state index contributed by atoms with van der Waals surface area (Å²) in [5.74, 6) is -0.0421. The number of carbonyl (C=O) groups excluding carboxylic acids is 1. The number of amides is 1. The summed E-state index contributed by atoms with van der Waals surface area (Å²) in [6.07, 6.45) is 0.438. The van der Waals surface area contributed by atoms with E-state index in [1.165, 1.54) is 0 Å². The van der Waals surface area contributed by atoms with Crippen LogP contribution >= 0.6 is 0 Å². The Labute approximate surface area is 195 Å². The summed E-state index contributed by atoms with van der Waals surface area (Å²) in [5, 5.41) is 27.3. The minimum Gasteiger partial charge on any atom is -0.393 e. The van der Waals surface area contributed by atoms with Crippen molar-refractivity contribution in [3.05, 3.63) is 70.8 Å². The predicted molar refractivity (Wildman–Crippen MR) is 127 cm³/mol. The first-order valence-corrected chi connectivity index (χ1v) is 11.7. The van der Waals surface area contributed by atoms with Crippen molar-refractivity contribution in [3.63, 3.8) is 0 Å². The lowest BCUT2D eigenvalue weighted by molar-refractivity contribution is -0.140. The number of para-hydroxylation sites is 2. The lowest BCUT2D eigenvalue weighted by Crippen LogP contribution is -2.61. The first-order chi connectivity index (χ1) is 16.5. The Bertz CT molecular complexity index is 1610. The Kier molecular flexibility index (Phi) is 3.24. The number of nitrogens with zero attached hydrogens (tertiary/aromatic N) is 2. The Morgan fingerprint density at radius 2 is 1.94 bits per heavy atom. The molecule has 1 fully saturated rings. The fourth-order valence-corrected chi connectivity index (χ4v) is 6.91. The van der Waals surface area contributed by atoms with Crippen LogP contribution in [0.15, 0.2) is 48.5 Å². The molecule has 0 radical (unpaired) electrons. The van der Waals surface area contributed by atoms with Gasteiger partial charge in [-0.2, -0.15) is 0 Å². The molecule has 1 aromatic heterocycles. The van der Waals surface area contributed by atoms with Crippen molar-refractivity contribution in [1.29, 1.82) is 0 Å². The Balaban J connectivity index is 1.65. The number of fused-ring (bicyclic) bond motifs is 12. The molecule has 5 heterocycles. The molecule has 7 heteroatoms.